The molecule has 0 bridgehead atoms. The molecule has 4 nitrogen and oxygen atoms in total. The van der Waals surface area contributed by atoms with Crippen molar-refractivity contribution < 1.29 is 8.42 Å². The van der Waals surface area contributed by atoms with Crippen molar-refractivity contribution in [2.75, 3.05) is 18.8 Å². The van der Waals surface area contributed by atoms with Crippen molar-refractivity contribution >= 4 is 20.9 Å². The molecule has 0 unspecified atom stereocenters. The molecule has 132 valence electrons. The van der Waals surface area contributed by atoms with Crippen molar-refractivity contribution in [3.63, 3.8) is 0 Å². The normalized spacial score (nSPS) is 17.6. The van der Waals surface area contributed by atoms with Crippen molar-refractivity contribution in [3.8, 4) is 0 Å². The van der Waals surface area contributed by atoms with Gasteiger partial charge in [-0.2, -0.15) is 0 Å². The maximum atomic E-state index is 12.4. The first-order valence-electron chi connectivity index (χ1n) is 8.99. The highest BCUT2D eigenvalue weighted by Gasteiger charge is 2.29. The molecule has 0 amide bonds. The third-order valence-electron chi connectivity index (χ3n) is 5.26. The van der Waals surface area contributed by atoms with E-state index in [1.54, 1.807) is 4.31 Å². The average molecular weight is 349 g/mol. The zero-order valence-corrected chi connectivity index (χ0v) is 15.7. The minimum absolute atomic E-state index is 0.291. The standard InChI is InChI=1S/C19H28N2O2S/c1-4-5-12-24(22,23)21-10-8-16(9-11-21)19-15(3)17-13-14(2)6-7-18(17)20-19/h6-7,13,16,20H,4-5,8-12H2,1-3H3. The van der Waals surface area contributed by atoms with Crippen LogP contribution in [-0.4, -0.2) is 36.5 Å². The molecule has 0 aliphatic carbocycles. The lowest BCUT2D eigenvalue weighted by atomic mass is 9.92. The van der Waals surface area contributed by atoms with Gasteiger partial charge in [-0.05, 0) is 50.8 Å². The fraction of sp³-hybridized carbons (Fsp3) is 0.579. The van der Waals surface area contributed by atoms with Crippen LogP contribution in [-0.2, 0) is 10.0 Å². The predicted molar refractivity (Wildman–Crippen MR) is 100 cm³/mol. The first-order valence-corrected chi connectivity index (χ1v) is 10.6. The number of nitrogens with one attached hydrogen (secondary N) is 1. The van der Waals surface area contributed by atoms with Crippen LogP contribution in [0.25, 0.3) is 10.9 Å². The molecule has 2 aromatic rings. The first-order chi connectivity index (χ1) is 11.4. The van der Waals surface area contributed by atoms with Crippen molar-refractivity contribution in [1.82, 2.24) is 9.29 Å². The molecule has 5 heteroatoms. The van der Waals surface area contributed by atoms with E-state index in [1.807, 2.05) is 6.92 Å². The Morgan fingerprint density at radius 1 is 1.21 bits per heavy atom. The van der Waals surface area contributed by atoms with E-state index in [-0.39, 0.29) is 0 Å². The van der Waals surface area contributed by atoms with Crippen molar-refractivity contribution in [2.24, 2.45) is 0 Å². The van der Waals surface area contributed by atoms with Crippen LogP contribution in [0.4, 0.5) is 0 Å². The molecule has 1 N–H and O–H groups in total. The Balaban J connectivity index is 1.74. The summed E-state index contributed by atoms with van der Waals surface area (Å²) in [5.41, 5.74) is 5.07. The summed E-state index contributed by atoms with van der Waals surface area (Å²) in [6.45, 7) is 7.61. The fourth-order valence-electron chi connectivity index (χ4n) is 3.75. The van der Waals surface area contributed by atoms with Crippen LogP contribution >= 0.6 is 0 Å². The minimum atomic E-state index is -3.07. The molecule has 24 heavy (non-hydrogen) atoms. The SMILES string of the molecule is CCCCS(=O)(=O)N1CCC(c2[nH]c3ccc(C)cc3c2C)CC1. The topological polar surface area (TPSA) is 53.2 Å². The Hall–Kier alpha value is -1.33. The van der Waals surface area contributed by atoms with Gasteiger partial charge in [0.15, 0.2) is 0 Å². The lowest BCUT2D eigenvalue weighted by Crippen LogP contribution is -2.39. The lowest BCUT2D eigenvalue weighted by Gasteiger charge is -2.31. The summed E-state index contributed by atoms with van der Waals surface area (Å²) in [4.78, 5) is 3.58. The Morgan fingerprint density at radius 3 is 2.58 bits per heavy atom. The number of sulfonamides is 1. The van der Waals surface area contributed by atoms with Crippen LogP contribution in [0.5, 0.6) is 0 Å². The average Bonchev–Trinajstić information content (AvgIpc) is 2.90. The van der Waals surface area contributed by atoms with Gasteiger partial charge >= 0.3 is 0 Å². The molecule has 3 rings (SSSR count). The molecular formula is C19H28N2O2S. The third kappa shape index (κ3) is 3.38. The molecule has 1 aromatic heterocycles. The summed E-state index contributed by atoms with van der Waals surface area (Å²) in [6.07, 6.45) is 3.47. The number of piperidine rings is 1. The Bertz CT molecular complexity index is 815. The number of H-pyrrole nitrogens is 1. The first kappa shape index (κ1) is 17.5. The number of fused-ring (bicyclic) bond motifs is 1. The lowest BCUT2D eigenvalue weighted by molar-refractivity contribution is 0.316. The van der Waals surface area contributed by atoms with Crippen LogP contribution in [0.1, 0.15) is 55.3 Å². The maximum absolute atomic E-state index is 12.4. The van der Waals surface area contributed by atoms with Crippen LogP contribution in [0.15, 0.2) is 18.2 Å². The number of aromatic amines is 1. The van der Waals surface area contributed by atoms with Gasteiger partial charge in [-0.15, -0.1) is 0 Å². The summed E-state index contributed by atoms with van der Waals surface area (Å²) >= 11 is 0. The molecule has 1 aromatic carbocycles. The second-order valence-electron chi connectivity index (χ2n) is 7.06. The summed E-state index contributed by atoms with van der Waals surface area (Å²) < 4.78 is 26.4. The zero-order valence-electron chi connectivity index (χ0n) is 14.9. The van der Waals surface area contributed by atoms with E-state index in [1.165, 1.54) is 27.7 Å². The second kappa shape index (κ2) is 6.89. The molecule has 1 saturated heterocycles. The maximum Gasteiger partial charge on any atom is 0.214 e. The van der Waals surface area contributed by atoms with Gasteiger partial charge in [-0.3, -0.25) is 0 Å². The molecule has 1 fully saturated rings. The van der Waals surface area contributed by atoms with Crippen LogP contribution in [0.3, 0.4) is 0 Å². The number of hydrogen-bond donors (Lipinski definition) is 1. The zero-order chi connectivity index (χ0) is 17.3. The highest BCUT2D eigenvalue weighted by atomic mass is 32.2. The van der Waals surface area contributed by atoms with Crippen molar-refractivity contribution in [3.05, 3.63) is 35.0 Å². The molecular weight excluding hydrogens is 320 g/mol. The highest BCUT2D eigenvalue weighted by Crippen LogP contribution is 2.34. The third-order valence-corrected chi connectivity index (χ3v) is 7.22. The van der Waals surface area contributed by atoms with Crippen LogP contribution in [0, 0.1) is 13.8 Å². The van der Waals surface area contributed by atoms with Gasteiger partial charge in [-0.1, -0.05) is 25.0 Å². The van der Waals surface area contributed by atoms with E-state index in [0.717, 1.165) is 25.7 Å². The Morgan fingerprint density at radius 2 is 1.92 bits per heavy atom. The van der Waals surface area contributed by atoms with E-state index < -0.39 is 10.0 Å². The number of rotatable bonds is 5. The predicted octanol–water partition coefficient (Wildman–Crippen LogP) is 4.09. The van der Waals surface area contributed by atoms with Gasteiger partial charge in [-0.25, -0.2) is 12.7 Å². The van der Waals surface area contributed by atoms with E-state index in [9.17, 15) is 8.42 Å². The minimum Gasteiger partial charge on any atom is -0.358 e. The van der Waals surface area contributed by atoms with Gasteiger partial charge in [0.05, 0.1) is 5.75 Å². The van der Waals surface area contributed by atoms with Gasteiger partial charge in [0.1, 0.15) is 0 Å². The smallest absolute Gasteiger partial charge is 0.214 e. The number of nitrogens with zero attached hydrogens (tertiary/aromatic N) is 1. The highest BCUT2D eigenvalue weighted by molar-refractivity contribution is 7.89. The molecule has 0 atom stereocenters. The monoisotopic (exact) mass is 348 g/mol. The van der Waals surface area contributed by atoms with Crippen LogP contribution < -0.4 is 0 Å². The number of hydrogen-bond acceptors (Lipinski definition) is 2. The summed E-state index contributed by atoms with van der Waals surface area (Å²) in [5, 5.41) is 1.29. The quantitative estimate of drug-likeness (QED) is 0.884. The van der Waals surface area contributed by atoms with E-state index in [2.05, 4.69) is 37.0 Å². The molecule has 1 aliphatic heterocycles. The summed E-state index contributed by atoms with van der Waals surface area (Å²) in [6, 6.07) is 6.51. The number of benzene rings is 1. The molecule has 0 saturated carbocycles. The van der Waals surface area contributed by atoms with Gasteiger partial charge in [0, 0.05) is 35.6 Å². The molecule has 1 aliphatic rings. The summed E-state index contributed by atoms with van der Waals surface area (Å²) in [7, 11) is -3.07. The number of unbranched alkanes of at least 4 members (excludes halogenated alkanes) is 1. The number of aryl methyl sites for hydroxylation is 2. The molecule has 0 radical (unpaired) electrons. The molecule has 2 heterocycles. The Labute approximate surface area is 145 Å². The fourth-order valence-corrected chi connectivity index (χ4v) is 5.43. The van der Waals surface area contributed by atoms with Gasteiger partial charge in [0.25, 0.3) is 0 Å². The van der Waals surface area contributed by atoms with Crippen molar-refractivity contribution in [2.45, 2.75) is 52.4 Å². The number of aromatic nitrogens is 1. The largest absolute Gasteiger partial charge is 0.358 e. The van der Waals surface area contributed by atoms with Crippen molar-refractivity contribution in [1.29, 1.82) is 0 Å². The second-order valence-corrected chi connectivity index (χ2v) is 9.14. The van der Waals surface area contributed by atoms with Crippen LogP contribution in [0.2, 0.25) is 0 Å². The Kier molecular flexibility index (Phi) is 5.02. The summed E-state index contributed by atoms with van der Waals surface area (Å²) in [5.74, 6) is 0.717. The van der Waals surface area contributed by atoms with Gasteiger partial charge in [0.2, 0.25) is 10.0 Å². The molecule has 0 spiro atoms. The van der Waals surface area contributed by atoms with E-state index in [4.69, 9.17) is 0 Å². The van der Waals surface area contributed by atoms with E-state index in [0.29, 0.717) is 24.8 Å². The van der Waals surface area contributed by atoms with E-state index >= 15 is 0 Å². The van der Waals surface area contributed by atoms with Gasteiger partial charge < -0.3 is 4.98 Å².